The molecule has 0 radical (unpaired) electrons. The molecule has 5 aliphatic carbocycles. The largest absolute Gasteiger partial charge is 0.338 e. The molecule has 12 heteroatoms. The van der Waals surface area contributed by atoms with E-state index in [1.165, 1.54) is 64.2 Å². The third kappa shape index (κ3) is 16.8. The van der Waals surface area contributed by atoms with Gasteiger partial charge >= 0.3 is 0 Å². The van der Waals surface area contributed by atoms with E-state index in [-0.39, 0.29) is 45.8 Å². The number of amides is 4. The summed E-state index contributed by atoms with van der Waals surface area (Å²) in [6.45, 7) is 22.0. The number of hydrogen-bond acceptors (Lipinski definition) is 8. The zero-order valence-electron chi connectivity index (χ0n) is 48.6. The Morgan fingerprint density at radius 1 is 0.370 bits per heavy atom. The maximum absolute atomic E-state index is 12.7. The molecule has 9 rings (SSSR count). The van der Waals surface area contributed by atoms with E-state index in [1.54, 1.807) is 0 Å². The summed E-state index contributed by atoms with van der Waals surface area (Å²) in [6, 6.07) is 1.91. The summed E-state index contributed by atoms with van der Waals surface area (Å²) < 4.78 is 0. The fraction of sp³-hybridized carbons (Fsp3) is 0.869. The van der Waals surface area contributed by atoms with Crippen molar-refractivity contribution < 1.29 is 19.2 Å². The Balaban J connectivity index is 0.000000159. The van der Waals surface area contributed by atoms with Gasteiger partial charge in [-0.15, -0.1) is 0 Å². The molecule has 0 spiro atoms. The van der Waals surface area contributed by atoms with Gasteiger partial charge in [0, 0.05) is 50.3 Å². The second kappa shape index (κ2) is 26.5. The number of allylic oxidation sites excluding steroid dienone is 1. The highest BCUT2D eigenvalue weighted by molar-refractivity contribution is 5.84. The molecule has 4 aliphatic heterocycles. The first-order valence-corrected chi connectivity index (χ1v) is 29.8. The van der Waals surface area contributed by atoms with Crippen molar-refractivity contribution >= 4 is 23.6 Å². The van der Waals surface area contributed by atoms with Crippen LogP contribution >= 0.6 is 0 Å². The van der Waals surface area contributed by atoms with Gasteiger partial charge in [-0.1, -0.05) is 105 Å². The first-order valence-electron chi connectivity index (χ1n) is 29.8. The zero-order chi connectivity index (χ0) is 53.1. The monoisotopic (exact) mass is 1020 g/mol. The zero-order valence-corrected chi connectivity index (χ0v) is 48.6. The van der Waals surface area contributed by atoms with Crippen LogP contribution in [0.2, 0.25) is 0 Å². The maximum Gasteiger partial charge on any atom is 0.239 e. The van der Waals surface area contributed by atoms with Crippen molar-refractivity contribution in [3.8, 4) is 0 Å². The van der Waals surface area contributed by atoms with Gasteiger partial charge < -0.3 is 40.9 Å². The average Bonchev–Trinajstić information content (AvgIpc) is 4.11. The normalized spacial score (nSPS) is 33.5. The molecule has 0 bridgehead atoms. The molecule has 7 fully saturated rings. The number of nitrogens with one attached hydrogen (secondary N) is 4. The van der Waals surface area contributed by atoms with Gasteiger partial charge in [-0.25, -0.2) is 0 Å². The van der Waals surface area contributed by atoms with Crippen LogP contribution in [-0.4, -0.2) is 146 Å². The lowest BCUT2D eigenvalue weighted by Gasteiger charge is -2.38. The first kappa shape index (κ1) is 59.4. The standard InChI is InChI=1S/C16H28N2O.C16H30N2O.C15H26N2O.C14H24N2O/c1-16(2)7-6-14(17-3)15(19)18(10-16)13-5-4-11-8-12(11)9-13;1-16(2)11-10-14(17-3)15(19)18(12-16)13-8-6-4-5-7-9-13;1-15(2)10-9-13(16-3)14(18)17(11-15)12-7-5-4-6-8-12;1-14(2)9-8-12(15-3)13(17)16(10-14)11-6-4-5-7-11/h11-14,17H,4-10H2,1-3H3;13-14,17H,4-12H2,1-3H3;4-5,12-13,16H,6-11H2,1-3H3;4-5,11-12,15H,6-10H2,1-3H3. The molecule has 12 nitrogen and oxygen atoms in total. The number of carbonyl (C=O) groups is 4. The van der Waals surface area contributed by atoms with Crippen LogP contribution in [0, 0.1) is 33.5 Å². The van der Waals surface area contributed by atoms with Gasteiger partial charge in [0.25, 0.3) is 0 Å². The van der Waals surface area contributed by atoms with Crippen LogP contribution in [0.5, 0.6) is 0 Å². The Bertz CT molecular complexity index is 1800. The first-order chi connectivity index (χ1) is 34.6. The number of carbonyl (C=O) groups excluding carboxylic acids is 4. The fourth-order valence-electron chi connectivity index (χ4n) is 13.8. The predicted molar refractivity (Wildman–Crippen MR) is 300 cm³/mol. The van der Waals surface area contributed by atoms with Gasteiger partial charge in [-0.3, -0.25) is 19.2 Å². The minimum Gasteiger partial charge on any atom is -0.338 e. The second-order valence-corrected chi connectivity index (χ2v) is 27.4. The quantitative estimate of drug-likeness (QED) is 0.140. The molecular formula is C61H108N8O4. The molecular weight excluding hydrogens is 909 g/mol. The summed E-state index contributed by atoms with van der Waals surface area (Å²) in [4.78, 5) is 59.3. The number of rotatable bonds is 8. The highest BCUT2D eigenvalue weighted by atomic mass is 16.2. The van der Waals surface area contributed by atoms with Gasteiger partial charge in [-0.05, 0) is 184 Å². The summed E-state index contributed by atoms with van der Waals surface area (Å²) in [5.74, 6) is 3.25. The topological polar surface area (TPSA) is 129 Å². The van der Waals surface area contributed by atoms with E-state index in [0.29, 0.717) is 47.8 Å². The lowest BCUT2D eigenvalue weighted by molar-refractivity contribution is -0.137. The van der Waals surface area contributed by atoms with Crippen molar-refractivity contribution in [3.63, 3.8) is 0 Å². The van der Waals surface area contributed by atoms with E-state index in [1.807, 2.05) is 28.2 Å². The second-order valence-electron chi connectivity index (χ2n) is 27.4. The summed E-state index contributed by atoms with van der Waals surface area (Å²) in [5, 5.41) is 12.8. The number of fused-ring (bicyclic) bond motifs is 1. The van der Waals surface area contributed by atoms with Gasteiger partial charge in [-0.2, -0.15) is 0 Å². The molecule has 0 aromatic rings. The summed E-state index contributed by atoms with van der Waals surface area (Å²) >= 11 is 0. The third-order valence-corrected chi connectivity index (χ3v) is 18.9. The number of likely N-dealkylation sites (N-methyl/N-ethyl adjacent to an activating group) is 4. The highest BCUT2D eigenvalue weighted by Crippen LogP contribution is 2.51. The summed E-state index contributed by atoms with van der Waals surface area (Å²) in [6.07, 6.45) is 35.5. The molecule has 4 heterocycles. The van der Waals surface area contributed by atoms with E-state index in [0.717, 1.165) is 121 Å². The SMILES string of the molecule is CNC1CCC(C)(C)CN(C2CC=CC2)C1=O.CNC1CCC(C)(C)CN(C2CC=CCC2)C1=O.CNC1CCC(C)(C)CN(C2CCC3CC3C2)C1=O.CNC1CCC(C)(C)CN(C2CCCCCC2)C1=O. The number of likely N-dealkylation sites (tertiary alicyclic amines) is 4. The van der Waals surface area contributed by atoms with Crippen molar-refractivity contribution in [1.29, 1.82) is 0 Å². The third-order valence-electron chi connectivity index (χ3n) is 18.9. The molecule has 4 saturated heterocycles. The molecule has 8 atom stereocenters. The number of nitrogens with zero attached hydrogens (tertiary/aromatic N) is 4. The lowest BCUT2D eigenvalue weighted by Crippen LogP contribution is -2.50. The Morgan fingerprint density at radius 3 is 1.10 bits per heavy atom. The smallest absolute Gasteiger partial charge is 0.239 e. The van der Waals surface area contributed by atoms with Crippen LogP contribution in [0.25, 0.3) is 0 Å². The fourth-order valence-corrected chi connectivity index (χ4v) is 13.8. The maximum atomic E-state index is 12.7. The summed E-state index contributed by atoms with van der Waals surface area (Å²) in [7, 11) is 7.65. The average molecular weight is 1020 g/mol. The number of hydrogen-bond donors (Lipinski definition) is 4. The molecule has 3 saturated carbocycles. The predicted octanol–water partition coefficient (Wildman–Crippen LogP) is 9.63. The van der Waals surface area contributed by atoms with E-state index in [4.69, 9.17) is 0 Å². The Morgan fingerprint density at radius 2 is 0.726 bits per heavy atom. The molecule has 8 unspecified atom stereocenters. The summed E-state index contributed by atoms with van der Waals surface area (Å²) in [5.41, 5.74) is 1.00. The van der Waals surface area contributed by atoms with Crippen LogP contribution in [0.15, 0.2) is 24.3 Å². The van der Waals surface area contributed by atoms with Gasteiger partial charge in [0.15, 0.2) is 0 Å². The molecule has 0 aromatic heterocycles. The molecule has 0 aromatic carbocycles. The lowest BCUT2D eigenvalue weighted by atomic mass is 9.86. The van der Waals surface area contributed by atoms with Gasteiger partial charge in [0.1, 0.15) is 0 Å². The minimum absolute atomic E-state index is 0.0115. The van der Waals surface area contributed by atoms with Crippen molar-refractivity contribution in [2.75, 3.05) is 54.4 Å². The van der Waals surface area contributed by atoms with Crippen molar-refractivity contribution in [1.82, 2.24) is 40.9 Å². The Kier molecular flexibility index (Phi) is 21.6. The molecule has 416 valence electrons. The van der Waals surface area contributed by atoms with E-state index in [2.05, 4.69) is 121 Å². The molecule has 73 heavy (non-hydrogen) atoms. The van der Waals surface area contributed by atoms with Gasteiger partial charge in [0.05, 0.1) is 24.2 Å². The van der Waals surface area contributed by atoms with Crippen LogP contribution in [0.4, 0.5) is 0 Å². The molecule has 4 amide bonds. The van der Waals surface area contributed by atoms with Crippen molar-refractivity contribution in [2.24, 2.45) is 33.5 Å². The van der Waals surface area contributed by atoms with Crippen LogP contribution in [0.1, 0.15) is 203 Å². The van der Waals surface area contributed by atoms with E-state index >= 15 is 0 Å². The van der Waals surface area contributed by atoms with Crippen molar-refractivity contribution in [3.05, 3.63) is 24.3 Å². The van der Waals surface area contributed by atoms with Crippen LogP contribution in [0.3, 0.4) is 0 Å². The minimum atomic E-state index is 0.0115. The Hall–Kier alpha value is -2.80. The van der Waals surface area contributed by atoms with Crippen LogP contribution in [-0.2, 0) is 19.2 Å². The van der Waals surface area contributed by atoms with E-state index < -0.39 is 0 Å². The molecule has 4 N–H and O–H groups in total. The van der Waals surface area contributed by atoms with Crippen LogP contribution < -0.4 is 21.3 Å². The van der Waals surface area contributed by atoms with E-state index in [9.17, 15) is 19.2 Å². The Labute approximate surface area is 445 Å². The van der Waals surface area contributed by atoms with Crippen molar-refractivity contribution in [2.45, 2.75) is 251 Å². The van der Waals surface area contributed by atoms with Gasteiger partial charge in [0.2, 0.25) is 23.6 Å². The molecule has 9 aliphatic rings. The highest BCUT2D eigenvalue weighted by Gasteiger charge is 2.47.